The summed E-state index contributed by atoms with van der Waals surface area (Å²) < 4.78 is 5.54. The van der Waals surface area contributed by atoms with E-state index in [-0.39, 0.29) is 6.54 Å². The number of carbonyl (C=O) groups is 4. The lowest BCUT2D eigenvalue weighted by Crippen LogP contribution is -2.37. The van der Waals surface area contributed by atoms with Gasteiger partial charge in [0.05, 0.1) is 41.1 Å². The van der Waals surface area contributed by atoms with Crippen molar-refractivity contribution in [2.75, 3.05) is 6.61 Å². The maximum absolute atomic E-state index is 14.3. The monoisotopic (exact) mass is 600 g/mol. The van der Waals surface area contributed by atoms with Gasteiger partial charge in [-0.3, -0.25) is 4.79 Å². The summed E-state index contributed by atoms with van der Waals surface area (Å²) in [5.74, 6) is -5.47. The number of hydrogen-bond acceptors (Lipinski definition) is 7. The number of rotatable bonds is 10. The number of carbonyl (C=O) groups excluding carboxylic acids is 1. The predicted molar refractivity (Wildman–Crippen MR) is 158 cm³/mol. The molecule has 3 N–H and O–H groups in total. The Morgan fingerprint density at radius 2 is 1.55 bits per heavy atom. The molecule has 44 heavy (non-hydrogen) atoms. The lowest BCUT2D eigenvalue weighted by Gasteiger charge is -2.36. The number of fused-ring (bicyclic) bond motifs is 1. The third-order valence-corrected chi connectivity index (χ3v) is 7.88. The number of oxime groups is 1. The zero-order chi connectivity index (χ0) is 31.2. The van der Waals surface area contributed by atoms with Gasteiger partial charge in [-0.2, -0.15) is 0 Å². The van der Waals surface area contributed by atoms with E-state index in [2.05, 4.69) is 5.16 Å². The zero-order valence-electron chi connectivity index (χ0n) is 23.8. The van der Waals surface area contributed by atoms with Crippen LogP contribution in [0, 0.1) is 0 Å². The zero-order valence-corrected chi connectivity index (χ0v) is 23.8. The molecule has 1 aliphatic carbocycles. The molecule has 1 fully saturated rings. The number of hydrogen-bond donors (Lipinski definition) is 3. The molecule has 2 aliphatic rings. The normalized spacial score (nSPS) is 17.9. The van der Waals surface area contributed by atoms with E-state index < -0.39 is 58.4 Å². The molecule has 0 spiro atoms. The van der Waals surface area contributed by atoms with Gasteiger partial charge in [0.15, 0.2) is 0 Å². The first-order chi connectivity index (χ1) is 21.2. The Bertz CT molecular complexity index is 1610. The number of carboxylic acid groups (broad SMARTS) is 3. The first kappa shape index (κ1) is 30.4. The van der Waals surface area contributed by atoms with Crippen molar-refractivity contribution in [2.45, 2.75) is 57.4 Å². The number of aryl methyl sites for hydroxylation is 1. The van der Waals surface area contributed by atoms with E-state index in [1.807, 2.05) is 42.5 Å². The molecule has 1 amide bonds. The van der Waals surface area contributed by atoms with E-state index in [9.17, 15) is 34.5 Å². The molecular formula is C33H32N2O9. The smallest absolute Gasteiger partial charge is 0.336 e. The fourth-order valence-electron chi connectivity index (χ4n) is 5.76. The van der Waals surface area contributed by atoms with Crippen LogP contribution in [0.5, 0.6) is 0 Å². The molecule has 1 saturated heterocycles. The van der Waals surface area contributed by atoms with E-state index in [0.717, 1.165) is 60.9 Å². The molecule has 11 heteroatoms. The summed E-state index contributed by atoms with van der Waals surface area (Å²) in [5.41, 5.74) is 1.04. The van der Waals surface area contributed by atoms with E-state index in [0.29, 0.717) is 18.6 Å². The molecule has 0 bridgehead atoms. The Kier molecular flexibility index (Phi) is 9.35. The number of benzene rings is 3. The third kappa shape index (κ3) is 6.78. The molecule has 228 valence electrons. The molecule has 0 saturated carbocycles. The van der Waals surface area contributed by atoms with Gasteiger partial charge in [-0.15, -0.1) is 0 Å². The van der Waals surface area contributed by atoms with Gasteiger partial charge in [-0.25, -0.2) is 14.4 Å². The molecule has 0 aromatic heterocycles. The average Bonchev–Trinajstić information content (AvgIpc) is 3.03. The van der Waals surface area contributed by atoms with Crippen molar-refractivity contribution in [3.63, 3.8) is 0 Å². The molecule has 1 unspecified atom stereocenters. The fraction of sp³-hybridized carbons (Fsp3) is 0.303. The lowest BCUT2D eigenvalue weighted by molar-refractivity contribution is -0.161. The topological polar surface area (TPSA) is 163 Å². The highest BCUT2D eigenvalue weighted by Gasteiger charge is 2.33. The number of aromatic carboxylic acids is 3. The van der Waals surface area contributed by atoms with E-state index in [1.165, 1.54) is 4.90 Å². The fourth-order valence-corrected chi connectivity index (χ4v) is 5.76. The van der Waals surface area contributed by atoms with Gasteiger partial charge >= 0.3 is 17.9 Å². The molecule has 1 aliphatic heterocycles. The van der Waals surface area contributed by atoms with E-state index in [4.69, 9.17) is 9.57 Å². The summed E-state index contributed by atoms with van der Waals surface area (Å²) in [5, 5.41) is 33.3. The highest BCUT2D eigenvalue weighted by atomic mass is 16.8. The summed E-state index contributed by atoms with van der Waals surface area (Å²) >= 11 is 0. The summed E-state index contributed by atoms with van der Waals surface area (Å²) in [6.45, 7) is 0.689. The molecule has 1 heterocycles. The van der Waals surface area contributed by atoms with Crippen molar-refractivity contribution in [3.8, 4) is 0 Å². The van der Waals surface area contributed by atoms with Gasteiger partial charge in [0.25, 0.3) is 5.91 Å². The van der Waals surface area contributed by atoms with Crippen LogP contribution in [0.3, 0.4) is 0 Å². The Morgan fingerprint density at radius 3 is 2.25 bits per heavy atom. The largest absolute Gasteiger partial charge is 0.478 e. The van der Waals surface area contributed by atoms with E-state index in [1.54, 1.807) is 12.3 Å². The van der Waals surface area contributed by atoms with Gasteiger partial charge in [0.2, 0.25) is 6.29 Å². The highest BCUT2D eigenvalue weighted by molar-refractivity contribution is 6.10. The Labute approximate surface area is 253 Å². The molecule has 5 rings (SSSR count). The maximum Gasteiger partial charge on any atom is 0.336 e. The molecular weight excluding hydrogens is 568 g/mol. The van der Waals surface area contributed by atoms with Gasteiger partial charge in [0, 0.05) is 13.0 Å². The summed E-state index contributed by atoms with van der Waals surface area (Å²) in [6, 6.07) is 16.2. The van der Waals surface area contributed by atoms with Crippen LogP contribution in [0.15, 0.2) is 65.8 Å². The van der Waals surface area contributed by atoms with Crippen LogP contribution in [0.4, 0.5) is 0 Å². The van der Waals surface area contributed by atoms with E-state index >= 15 is 0 Å². The van der Waals surface area contributed by atoms with Crippen LogP contribution < -0.4 is 0 Å². The Balaban J connectivity index is 1.53. The van der Waals surface area contributed by atoms with Gasteiger partial charge in [-0.05, 0) is 72.6 Å². The number of amides is 1. The van der Waals surface area contributed by atoms with Crippen LogP contribution in [0.25, 0.3) is 0 Å². The minimum absolute atomic E-state index is 0.0637. The summed E-state index contributed by atoms with van der Waals surface area (Å²) in [6.07, 6.45) is 6.10. The predicted octanol–water partition coefficient (Wildman–Crippen LogP) is 5.38. The molecule has 0 radical (unpaired) electrons. The Morgan fingerprint density at radius 1 is 0.841 bits per heavy atom. The Hall–Kier alpha value is -5.03. The molecule has 2 atom stereocenters. The maximum atomic E-state index is 14.3. The van der Waals surface area contributed by atoms with Crippen molar-refractivity contribution in [1.29, 1.82) is 0 Å². The first-order valence-corrected chi connectivity index (χ1v) is 14.4. The van der Waals surface area contributed by atoms with Crippen LogP contribution in [0.1, 0.15) is 102 Å². The summed E-state index contributed by atoms with van der Waals surface area (Å²) in [4.78, 5) is 57.3. The SMILES string of the molecule is O=C(O)c1cc(C(=O)O)c(C(=O)N(Cc2cccc(C=NOC3CCCCO3)c2)[C@H]2CCCc3ccccc32)cc1C(=O)O. The average molecular weight is 601 g/mol. The first-order valence-electron chi connectivity index (χ1n) is 14.4. The van der Waals surface area contributed by atoms with Crippen LogP contribution in [-0.4, -0.2) is 63.1 Å². The quantitative estimate of drug-likeness (QED) is 0.205. The number of carboxylic acids is 3. The molecule has 3 aromatic rings. The van der Waals surface area contributed by atoms with Crippen molar-refractivity contribution in [2.24, 2.45) is 5.16 Å². The van der Waals surface area contributed by atoms with Gasteiger partial charge in [0.1, 0.15) is 0 Å². The number of nitrogens with zero attached hydrogens (tertiary/aromatic N) is 2. The standard InChI is InChI=1S/C33H32N2O9/c36-30(24-16-26(32(39)40)27(33(41)42)17-25(24)31(37)38)35(28-12-6-10-22-9-1-2-11-23(22)28)19-21-8-5-7-20(15-21)18-34-44-29-13-3-4-14-43-29/h1-2,5,7-9,11,15-18,28-29H,3-4,6,10,12-14,19H2,(H,37,38)(H,39,40)(H,41,42)/t28-,29?/m0/s1. The number of ether oxygens (including phenoxy) is 1. The minimum Gasteiger partial charge on any atom is -0.478 e. The minimum atomic E-state index is -1.61. The van der Waals surface area contributed by atoms with Gasteiger partial charge in [-0.1, -0.05) is 47.6 Å². The molecule has 3 aromatic carbocycles. The van der Waals surface area contributed by atoms with Crippen LogP contribution in [-0.2, 0) is 22.5 Å². The second kappa shape index (κ2) is 13.5. The highest BCUT2D eigenvalue weighted by Crippen LogP contribution is 2.37. The van der Waals surface area contributed by atoms with Gasteiger partial charge < -0.3 is 29.8 Å². The van der Waals surface area contributed by atoms with Crippen molar-refractivity contribution >= 4 is 30.0 Å². The third-order valence-electron chi connectivity index (χ3n) is 7.88. The molecule has 11 nitrogen and oxygen atoms in total. The second-order valence-corrected chi connectivity index (χ2v) is 10.8. The van der Waals surface area contributed by atoms with Crippen molar-refractivity contribution in [3.05, 3.63) is 105 Å². The van der Waals surface area contributed by atoms with Crippen molar-refractivity contribution in [1.82, 2.24) is 4.90 Å². The second-order valence-electron chi connectivity index (χ2n) is 10.8. The van der Waals surface area contributed by atoms with Crippen LogP contribution in [0.2, 0.25) is 0 Å². The van der Waals surface area contributed by atoms with Crippen LogP contribution >= 0.6 is 0 Å². The lowest BCUT2D eigenvalue weighted by atomic mass is 9.86. The van der Waals surface area contributed by atoms with Crippen molar-refractivity contribution < 1.29 is 44.1 Å². The summed E-state index contributed by atoms with van der Waals surface area (Å²) in [7, 11) is 0.